The third-order valence-electron chi connectivity index (χ3n) is 11.0. The summed E-state index contributed by atoms with van der Waals surface area (Å²) in [7, 11) is 0. The lowest BCUT2D eigenvalue weighted by Crippen LogP contribution is -1.97. The second-order valence-corrected chi connectivity index (χ2v) is 15.0. The van der Waals surface area contributed by atoms with Crippen molar-refractivity contribution < 1.29 is 0 Å². The van der Waals surface area contributed by atoms with E-state index in [1.807, 2.05) is 0 Å². The van der Waals surface area contributed by atoms with E-state index in [1.165, 1.54) is 111 Å². The second kappa shape index (κ2) is 12.5. The topological polar surface area (TPSA) is 9.86 Å². The number of aryl methyl sites for hydroxylation is 4. The molecule has 8 aromatic carbocycles. The van der Waals surface area contributed by atoms with Gasteiger partial charge in [-0.2, -0.15) is 0 Å². The van der Waals surface area contributed by atoms with Crippen molar-refractivity contribution in [1.29, 1.82) is 0 Å². The first kappa shape index (κ1) is 32.0. The van der Waals surface area contributed by atoms with Crippen molar-refractivity contribution in [2.45, 2.75) is 27.7 Å². The molecule has 0 N–H and O–H groups in total. The number of rotatable bonds is 5. The Morgan fingerprint density at radius 1 is 0.296 bits per heavy atom. The van der Waals surface area contributed by atoms with Gasteiger partial charge in [0.1, 0.15) is 0 Å². The first-order chi connectivity index (χ1) is 26.4. The van der Waals surface area contributed by atoms with E-state index in [1.54, 1.807) is 0 Å². The molecule has 0 unspecified atom stereocenters. The molecule has 0 spiro atoms. The lowest BCUT2D eigenvalue weighted by molar-refractivity contribution is 1.18. The van der Waals surface area contributed by atoms with Crippen LogP contribution in [0, 0.1) is 27.7 Å². The standard InChI is InChI=1S/C52H40N2/c1-33-24-34(2)27-40(26-33)37-18-21-51-46(30-37)47-31-38(41-28-35(3)25-36(4)29-41)19-22-52(47)54(51)48-16-10-8-14-43(48)39-20-23-50-45(32-39)44-15-9-11-17-49(44)53(50)42-12-6-5-7-13-42/h5-32H,1-4H3. The molecule has 2 nitrogen and oxygen atoms in total. The van der Waals surface area contributed by atoms with Gasteiger partial charge in [0.25, 0.3) is 0 Å². The summed E-state index contributed by atoms with van der Waals surface area (Å²) in [6, 6.07) is 63.1. The molecule has 0 aliphatic rings. The molecule has 0 bridgehead atoms. The Balaban J connectivity index is 1.22. The minimum atomic E-state index is 1.17. The zero-order valence-corrected chi connectivity index (χ0v) is 31.1. The Morgan fingerprint density at radius 3 is 1.35 bits per heavy atom. The minimum Gasteiger partial charge on any atom is -0.309 e. The third kappa shape index (κ3) is 5.25. The second-order valence-electron chi connectivity index (χ2n) is 15.0. The van der Waals surface area contributed by atoms with Crippen LogP contribution in [0.1, 0.15) is 22.3 Å². The maximum Gasteiger partial charge on any atom is 0.0541 e. The van der Waals surface area contributed by atoms with Crippen LogP contribution in [-0.4, -0.2) is 9.13 Å². The summed E-state index contributed by atoms with van der Waals surface area (Å²) in [5.74, 6) is 0. The summed E-state index contributed by atoms with van der Waals surface area (Å²) in [6.45, 7) is 8.74. The van der Waals surface area contributed by atoms with Gasteiger partial charge in [0.2, 0.25) is 0 Å². The maximum atomic E-state index is 2.48. The van der Waals surface area contributed by atoms with Gasteiger partial charge in [-0.25, -0.2) is 0 Å². The first-order valence-electron chi connectivity index (χ1n) is 18.8. The fourth-order valence-corrected chi connectivity index (χ4v) is 8.83. The molecule has 0 fully saturated rings. The van der Waals surface area contributed by atoms with Gasteiger partial charge in [-0.3, -0.25) is 0 Å². The molecule has 2 heterocycles. The Morgan fingerprint density at radius 2 is 0.741 bits per heavy atom. The van der Waals surface area contributed by atoms with E-state index < -0.39 is 0 Å². The van der Waals surface area contributed by atoms with Crippen molar-refractivity contribution in [3.63, 3.8) is 0 Å². The lowest BCUT2D eigenvalue weighted by atomic mass is 9.97. The highest BCUT2D eigenvalue weighted by molar-refractivity contribution is 6.13. The van der Waals surface area contributed by atoms with Gasteiger partial charge >= 0.3 is 0 Å². The van der Waals surface area contributed by atoms with Crippen LogP contribution < -0.4 is 0 Å². The molecule has 10 rings (SSSR count). The molecule has 0 saturated heterocycles. The number of nitrogens with zero attached hydrogens (tertiary/aromatic N) is 2. The molecule has 0 radical (unpaired) electrons. The van der Waals surface area contributed by atoms with Gasteiger partial charge in [0, 0.05) is 32.8 Å². The highest BCUT2D eigenvalue weighted by Crippen LogP contribution is 2.41. The fourth-order valence-electron chi connectivity index (χ4n) is 8.83. The molecule has 0 saturated carbocycles. The molecule has 0 atom stereocenters. The van der Waals surface area contributed by atoms with Gasteiger partial charge in [-0.1, -0.05) is 131 Å². The smallest absolute Gasteiger partial charge is 0.0541 e. The summed E-state index contributed by atoms with van der Waals surface area (Å²) in [6.07, 6.45) is 0. The van der Waals surface area contributed by atoms with Gasteiger partial charge in [-0.15, -0.1) is 0 Å². The lowest BCUT2D eigenvalue weighted by Gasteiger charge is -2.15. The van der Waals surface area contributed by atoms with E-state index in [-0.39, 0.29) is 0 Å². The normalized spacial score (nSPS) is 11.7. The molecule has 54 heavy (non-hydrogen) atoms. The molecule has 258 valence electrons. The number of aromatic nitrogens is 2. The average molecular weight is 693 g/mol. The Bertz CT molecular complexity index is 2930. The molecule has 0 aliphatic heterocycles. The predicted molar refractivity (Wildman–Crippen MR) is 230 cm³/mol. The predicted octanol–water partition coefficient (Wildman–Crippen LogP) is 14.1. The highest BCUT2D eigenvalue weighted by atomic mass is 15.0. The zero-order chi connectivity index (χ0) is 36.5. The van der Waals surface area contributed by atoms with Crippen LogP contribution in [-0.2, 0) is 0 Å². The van der Waals surface area contributed by atoms with E-state index in [0.29, 0.717) is 0 Å². The van der Waals surface area contributed by atoms with Crippen molar-refractivity contribution in [2.24, 2.45) is 0 Å². The van der Waals surface area contributed by atoms with Gasteiger partial charge in [0.05, 0.1) is 27.8 Å². The molecular weight excluding hydrogens is 653 g/mol. The minimum absolute atomic E-state index is 1.17. The van der Waals surface area contributed by atoms with Crippen LogP contribution in [0.25, 0.3) is 88.4 Å². The van der Waals surface area contributed by atoms with Crippen LogP contribution in [0.3, 0.4) is 0 Å². The van der Waals surface area contributed by atoms with E-state index >= 15 is 0 Å². The largest absolute Gasteiger partial charge is 0.309 e. The van der Waals surface area contributed by atoms with Crippen LogP contribution in [0.4, 0.5) is 0 Å². The van der Waals surface area contributed by atoms with Crippen molar-refractivity contribution in [3.05, 3.63) is 192 Å². The van der Waals surface area contributed by atoms with Crippen molar-refractivity contribution in [2.75, 3.05) is 0 Å². The highest BCUT2D eigenvalue weighted by Gasteiger charge is 2.19. The van der Waals surface area contributed by atoms with E-state index in [9.17, 15) is 0 Å². The zero-order valence-electron chi connectivity index (χ0n) is 31.1. The van der Waals surface area contributed by atoms with Crippen molar-refractivity contribution in [3.8, 4) is 44.8 Å². The van der Waals surface area contributed by atoms with Crippen molar-refractivity contribution in [1.82, 2.24) is 9.13 Å². The Kier molecular flexibility index (Phi) is 7.42. The van der Waals surface area contributed by atoms with Gasteiger partial charge in [0.15, 0.2) is 0 Å². The SMILES string of the molecule is Cc1cc(C)cc(-c2ccc3c(c2)c2cc(-c4cc(C)cc(C)c4)ccc2n3-c2ccccc2-c2ccc3c(c2)c2ccccc2n3-c2ccccc2)c1. The van der Waals surface area contributed by atoms with Crippen LogP contribution in [0.2, 0.25) is 0 Å². The molecule has 0 amide bonds. The Labute approximate surface area is 316 Å². The van der Waals surface area contributed by atoms with E-state index in [2.05, 4.69) is 207 Å². The number of fused-ring (bicyclic) bond motifs is 6. The number of hydrogen-bond donors (Lipinski definition) is 0. The molecule has 2 heteroatoms. The molecule has 10 aromatic rings. The number of hydrogen-bond acceptors (Lipinski definition) is 0. The summed E-state index contributed by atoms with van der Waals surface area (Å²) < 4.78 is 4.86. The van der Waals surface area contributed by atoms with Gasteiger partial charge in [-0.05, 0) is 116 Å². The van der Waals surface area contributed by atoms with Crippen LogP contribution >= 0.6 is 0 Å². The summed E-state index contributed by atoms with van der Waals surface area (Å²) in [5.41, 5.74) is 19.7. The fraction of sp³-hybridized carbons (Fsp3) is 0.0769. The quantitative estimate of drug-likeness (QED) is 0.170. The Hall–Kier alpha value is -6.64. The summed E-state index contributed by atoms with van der Waals surface area (Å²) in [5, 5.41) is 5.01. The van der Waals surface area contributed by atoms with E-state index in [0.717, 1.165) is 0 Å². The first-order valence-corrected chi connectivity index (χ1v) is 18.8. The average Bonchev–Trinajstić information content (AvgIpc) is 3.69. The molecule has 2 aromatic heterocycles. The molecule has 0 aliphatic carbocycles. The van der Waals surface area contributed by atoms with Crippen LogP contribution in [0.5, 0.6) is 0 Å². The summed E-state index contributed by atoms with van der Waals surface area (Å²) >= 11 is 0. The summed E-state index contributed by atoms with van der Waals surface area (Å²) in [4.78, 5) is 0. The monoisotopic (exact) mass is 692 g/mol. The van der Waals surface area contributed by atoms with Crippen molar-refractivity contribution >= 4 is 43.6 Å². The maximum absolute atomic E-state index is 2.48. The number of para-hydroxylation sites is 3. The van der Waals surface area contributed by atoms with E-state index in [4.69, 9.17) is 0 Å². The molecular formula is C52H40N2. The third-order valence-corrected chi connectivity index (χ3v) is 11.0. The van der Waals surface area contributed by atoms with Gasteiger partial charge < -0.3 is 9.13 Å². The number of benzene rings is 8. The van der Waals surface area contributed by atoms with Crippen LogP contribution in [0.15, 0.2) is 170 Å².